The number of amides is 2. The molecule has 4 N–H and O–H groups in total. The number of hydroxylamine groups is 1. The molecule has 0 spiro atoms. The molecule has 0 aliphatic carbocycles. The molecular formula is C30H34N8O4. The Morgan fingerprint density at radius 1 is 1.10 bits per heavy atom. The predicted octanol–water partition coefficient (Wildman–Crippen LogP) is 2.60. The maximum atomic E-state index is 11.8. The number of nitrogens with zero attached hydrogens (tertiary/aromatic N) is 6. The number of hydrogen-bond donors (Lipinski definition) is 3. The molecule has 1 aliphatic heterocycles. The number of nitrogens with two attached hydrogens (primary N) is 1. The van der Waals surface area contributed by atoms with Gasteiger partial charge in [0, 0.05) is 43.4 Å². The Morgan fingerprint density at radius 2 is 1.86 bits per heavy atom. The number of benzene rings is 2. The molecule has 2 aromatic heterocycles. The highest BCUT2D eigenvalue weighted by Crippen LogP contribution is 2.29. The molecule has 12 heteroatoms. The van der Waals surface area contributed by atoms with E-state index in [2.05, 4.69) is 21.3 Å². The first-order valence-corrected chi connectivity index (χ1v) is 13.8. The van der Waals surface area contributed by atoms with Crippen LogP contribution < -0.4 is 16.1 Å². The number of nitrogens with one attached hydrogen (secondary N) is 1. The molecule has 0 unspecified atom stereocenters. The lowest BCUT2D eigenvalue weighted by Crippen LogP contribution is -2.37. The zero-order chi connectivity index (χ0) is 29.6. The summed E-state index contributed by atoms with van der Waals surface area (Å²) >= 11 is 0. The maximum Gasteiger partial charge on any atom is 0.267 e. The van der Waals surface area contributed by atoms with E-state index in [0.717, 1.165) is 33.9 Å². The average molecular weight is 571 g/mol. The number of carbonyl (C=O) groups is 2. The molecule has 0 saturated carbocycles. The van der Waals surface area contributed by atoms with Crippen molar-refractivity contribution in [2.75, 3.05) is 38.3 Å². The van der Waals surface area contributed by atoms with Crippen LogP contribution in [-0.2, 0) is 29.2 Å². The molecule has 2 aromatic carbocycles. The lowest BCUT2D eigenvalue weighted by molar-refractivity contribution is -0.124. The van der Waals surface area contributed by atoms with Crippen LogP contribution in [0.2, 0.25) is 0 Å². The maximum absolute atomic E-state index is 11.8. The normalized spacial score (nSPS) is 13.8. The third-order valence-corrected chi connectivity index (χ3v) is 7.07. The molecule has 5 rings (SSSR count). The second-order valence-electron chi connectivity index (χ2n) is 10.1. The van der Waals surface area contributed by atoms with E-state index in [-0.39, 0.29) is 0 Å². The lowest BCUT2D eigenvalue weighted by Gasteiger charge is -2.28. The summed E-state index contributed by atoms with van der Waals surface area (Å²) < 4.78 is 7.70. The van der Waals surface area contributed by atoms with Gasteiger partial charge in [0.2, 0.25) is 5.91 Å². The smallest absolute Gasteiger partial charge is 0.267 e. The van der Waals surface area contributed by atoms with Crippen LogP contribution >= 0.6 is 0 Å². The van der Waals surface area contributed by atoms with Crippen LogP contribution in [0.25, 0.3) is 28.6 Å². The molecule has 1 fully saturated rings. The zero-order valence-corrected chi connectivity index (χ0v) is 23.7. The van der Waals surface area contributed by atoms with E-state index < -0.39 is 11.8 Å². The summed E-state index contributed by atoms with van der Waals surface area (Å²) in [5, 5.41) is 8.64. The molecule has 4 aromatic rings. The highest BCUT2D eigenvalue weighted by Gasteiger charge is 2.24. The fraction of sp³-hybridized carbons (Fsp3) is 0.300. The Morgan fingerprint density at radius 3 is 2.55 bits per heavy atom. The van der Waals surface area contributed by atoms with Crippen molar-refractivity contribution in [1.29, 1.82) is 0 Å². The van der Waals surface area contributed by atoms with Gasteiger partial charge in [-0.05, 0) is 43.3 Å². The van der Waals surface area contributed by atoms with Gasteiger partial charge in [-0.2, -0.15) is 0 Å². The van der Waals surface area contributed by atoms with Crippen molar-refractivity contribution >= 4 is 34.9 Å². The van der Waals surface area contributed by atoms with Crippen LogP contribution in [-0.4, -0.2) is 74.8 Å². The summed E-state index contributed by atoms with van der Waals surface area (Å²) in [7, 11) is 2.04. The van der Waals surface area contributed by atoms with Gasteiger partial charge in [-0.25, -0.2) is 20.4 Å². The molecule has 1 saturated heterocycles. The van der Waals surface area contributed by atoms with Crippen LogP contribution in [0.5, 0.6) is 0 Å². The number of primary amides is 1. The van der Waals surface area contributed by atoms with Crippen molar-refractivity contribution in [3.63, 3.8) is 0 Å². The number of anilines is 1. The first-order valence-electron chi connectivity index (χ1n) is 13.8. The number of rotatable bonds is 10. The molecule has 42 heavy (non-hydrogen) atoms. The van der Waals surface area contributed by atoms with E-state index in [0.29, 0.717) is 62.9 Å². The summed E-state index contributed by atoms with van der Waals surface area (Å²) in [6, 6.07) is 14.9. The quantitative estimate of drug-likeness (QED) is 0.148. The average Bonchev–Trinajstić information content (AvgIpc) is 3.37. The number of imidazole rings is 1. The number of hydrogen-bond acceptors (Lipinski definition) is 9. The third kappa shape index (κ3) is 6.46. The van der Waals surface area contributed by atoms with E-state index in [1.165, 1.54) is 6.08 Å². The third-order valence-electron chi connectivity index (χ3n) is 7.07. The first kappa shape index (κ1) is 28.9. The molecule has 2 amide bonds. The lowest BCUT2D eigenvalue weighted by atomic mass is 10.1. The van der Waals surface area contributed by atoms with Gasteiger partial charge >= 0.3 is 0 Å². The van der Waals surface area contributed by atoms with Crippen LogP contribution in [0, 0.1) is 0 Å². The van der Waals surface area contributed by atoms with Gasteiger partial charge < -0.3 is 19.9 Å². The minimum Gasteiger partial charge on any atom is -0.378 e. The van der Waals surface area contributed by atoms with E-state index in [1.54, 1.807) is 29.8 Å². The molecule has 0 atom stereocenters. The van der Waals surface area contributed by atoms with Crippen LogP contribution in [0.4, 0.5) is 5.82 Å². The summed E-state index contributed by atoms with van der Waals surface area (Å²) in [4.78, 5) is 42.4. The van der Waals surface area contributed by atoms with Gasteiger partial charge in [-0.1, -0.05) is 36.4 Å². The van der Waals surface area contributed by atoms with Gasteiger partial charge in [-0.3, -0.25) is 19.7 Å². The van der Waals surface area contributed by atoms with Crippen molar-refractivity contribution in [2.45, 2.75) is 26.6 Å². The molecular weight excluding hydrogens is 536 g/mol. The topological polar surface area (TPSA) is 152 Å². The summed E-state index contributed by atoms with van der Waals surface area (Å²) in [5.41, 5.74) is 11.7. The van der Waals surface area contributed by atoms with Crippen molar-refractivity contribution in [3.05, 3.63) is 77.1 Å². The van der Waals surface area contributed by atoms with Crippen LogP contribution in [0.3, 0.4) is 0 Å². The summed E-state index contributed by atoms with van der Waals surface area (Å²) in [6.45, 7) is 6.59. The largest absolute Gasteiger partial charge is 0.378 e. The van der Waals surface area contributed by atoms with Crippen LogP contribution in [0.1, 0.15) is 34.2 Å². The predicted molar refractivity (Wildman–Crippen MR) is 159 cm³/mol. The van der Waals surface area contributed by atoms with Crippen molar-refractivity contribution in [2.24, 2.45) is 5.73 Å². The Balaban J connectivity index is 1.46. The number of carbonyl (C=O) groups excluding carboxylic acids is 2. The molecule has 0 bridgehead atoms. The van der Waals surface area contributed by atoms with Crippen molar-refractivity contribution < 1.29 is 19.5 Å². The standard InChI is InChI=1S/C30H34N8O4/c1-3-38-24(19-36(2)18-21-9-7-20(8-10-21)11-12-25(39)35-41)32-26-29(37-13-15-42-16-14-37)33-28(34-30(26)38)23-6-4-5-22(17-23)27(31)40/h4-12,17,41H,3,13-16,18-19H2,1-2H3,(H2,31,40)(H,35,39). The minimum absolute atomic E-state index is 0.398. The second-order valence-corrected chi connectivity index (χ2v) is 10.1. The number of ether oxygens (including phenoxy) is 1. The van der Waals surface area contributed by atoms with Gasteiger partial charge in [0.05, 0.1) is 19.8 Å². The minimum atomic E-state index is -0.578. The van der Waals surface area contributed by atoms with E-state index >= 15 is 0 Å². The first-order chi connectivity index (χ1) is 20.4. The number of morpholine rings is 1. The second kappa shape index (κ2) is 12.9. The van der Waals surface area contributed by atoms with Gasteiger partial charge in [-0.15, -0.1) is 0 Å². The zero-order valence-electron chi connectivity index (χ0n) is 23.7. The van der Waals surface area contributed by atoms with Crippen LogP contribution in [0.15, 0.2) is 54.6 Å². The fourth-order valence-corrected chi connectivity index (χ4v) is 4.97. The summed E-state index contributed by atoms with van der Waals surface area (Å²) in [6.07, 6.45) is 2.90. The van der Waals surface area contributed by atoms with Gasteiger partial charge in [0.1, 0.15) is 5.82 Å². The molecule has 3 heterocycles. The number of aromatic nitrogens is 4. The Kier molecular flexibility index (Phi) is 8.86. The Hall–Kier alpha value is -4.65. The molecule has 218 valence electrons. The van der Waals surface area contributed by atoms with E-state index in [1.807, 2.05) is 37.4 Å². The van der Waals surface area contributed by atoms with Crippen molar-refractivity contribution in [1.82, 2.24) is 29.9 Å². The number of fused-ring (bicyclic) bond motifs is 1. The highest BCUT2D eigenvalue weighted by atomic mass is 16.5. The fourth-order valence-electron chi connectivity index (χ4n) is 4.97. The number of aryl methyl sites for hydroxylation is 1. The Bertz CT molecular complexity index is 1610. The monoisotopic (exact) mass is 570 g/mol. The van der Waals surface area contributed by atoms with E-state index in [9.17, 15) is 9.59 Å². The van der Waals surface area contributed by atoms with Crippen molar-refractivity contribution in [3.8, 4) is 11.4 Å². The molecule has 1 aliphatic rings. The SMILES string of the molecule is CCn1c(CN(C)Cc2ccc(C=CC(=O)NO)cc2)nc2c(N3CCOCC3)nc(-c3cccc(C(N)=O)c3)nc21. The highest BCUT2D eigenvalue weighted by molar-refractivity contribution is 5.94. The van der Waals surface area contributed by atoms with E-state index in [4.69, 9.17) is 30.6 Å². The van der Waals surface area contributed by atoms with Gasteiger partial charge in [0.15, 0.2) is 22.8 Å². The molecule has 12 nitrogen and oxygen atoms in total. The Labute approximate surface area is 243 Å². The van der Waals surface area contributed by atoms with Gasteiger partial charge in [0.25, 0.3) is 5.91 Å². The summed E-state index contributed by atoms with van der Waals surface area (Å²) in [5.74, 6) is 1.04. The molecule has 0 radical (unpaired) electrons.